The highest BCUT2D eigenvalue weighted by atomic mass is 32.1. The number of methoxy groups -OCH3 is 2. The van der Waals surface area contributed by atoms with Crippen molar-refractivity contribution >= 4 is 34.9 Å². The molecule has 1 fully saturated rings. The number of thiocarbonyl (C=S) groups is 1. The Hall–Kier alpha value is -4.70. The van der Waals surface area contributed by atoms with E-state index in [-0.39, 0.29) is 24.4 Å². The van der Waals surface area contributed by atoms with Gasteiger partial charge in [-0.2, -0.15) is 0 Å². The summed E-state index contributed by atoms with van der Waals surface area (Å²) in [7, 11) is 2.91. The van der Waals surface area contributed by atoms with Gasteiger partial charge in [-0.15, -0.1) is 0 Å². The number of anilines is 1. The number of carbonyl (C=O) groups is 2. The average Bonchev–Trinajstić information content (AvgIpc) is 3.61. The van der Waals surface area contributed by atoms with E-state index in [2.05, 4.69) is 15.6 Å². The number of nitrogens with zero attached hydrogens (tertiary/aromatic N) is 2. The third-order valence-electron chi connectivity index (χ3n) is 6.65. The van der Waals surface area contributed by atoms with Crippen molar-refractivity contribution in [2.45, 2.75) is 18.5 Å². The molecule has 1 aliphatic heterocycles. The monoisotopic (exact) mass is 556 g/mol. The first-order chi connectivity index (χ1) is 19.5. The van der Waals surface area contributed by atoms with E-state index in [1.54, 1.807) is 43.6 Å². The molecule has 0 aliphatic carbocycles. The van der Waals surface area contributed by atoms with E-state index in [1.807, 2.05) is 53.4 Å². The number of ether oxygens (including phenoxy) is 2. The molecular weight excluding hydrogens is 528 g/mol. The van der Waals surface area contributed by atoms with Gasteiger partial charge in [0, 0.05) is 24.7 Å². The number of esters is 1. The van der Waals surface area contributed by atoms with Gasteiger partial charge in [0.05, 0.1) is 37.2 Å². The van der Waals surface area contributed by atoms with E-state index in [9.17, 15) is 9.59 Å². The summed E-state index contributed by atoms with van der Waals surface area (Å²) in [4.78, 5) is 31.4. The highest BCUT2D eigenvalue weighted by molar-refractivity contribution is 7.80. The van der Waals surface area contributed by atoms with Gasteiger partial charge in [-0.05, 0) is 60.7 Å². The van der Waals surface area contributed by atoms with Crippen LogP contribution in [-0.4, -0.2) is 47.6 Å². The third-order valence-corrected chi connectivity index (χ3v) is 7.00. The van der Waals surface area contributed by atoms with Gasteiger partial charge in [0.15, 0.2) is 5.11 Å². The van der Waals surface area contributed by atoms with Gasteiger partial charge in [-0.3, -0.25) is 9.78 Å². The number of para-hydroxylation sites is 2. The summed E-state index contributed by atoms with van der Waals surface area (Å²) in [6.07, 6.45) is 1.91. The molecule has 2 aromatic carbocycles. The van der Waals surface area contributed by atoms with Gasteiger partial charge in [0.25, 0.3) is 0 Å². The summed E-state index contributed by atoms with van der Waals surface area (Å²) >= 11 is 5.72. The number of pyridine rings is 1. The molecule has 1 aliphatic rings. The molecule has 10 heteroatoms. The minimum atomic E-state index is -0.424. The second-order valence-electron chi connectivity index (χ2n) is 9.09. The van der Waals surface area contributed by atoms with Crippen LogP contribution >= 0.6 is 12.2 Å². The number of rotatable bonds is 9. The fourth-order valence-electron chi connectivity index (χ4n) is 4.72. The maximum atomic E-state index is 12.9. The number of furan rings is 1. The van der Waals surface area contributed by atoms with Gasteiger partial charge >= 0.3 is 5.97 Å². The van der Waals surface area contributed by atoms with Crippen molar-refractivity contribution in [1.82, 2.24) is 15.2 Å². The van der Waals surface area contributed by atoms with E-state index in [0.717, 1.165) is 11.3 Å². The van der Waals surface area contributed by atoms with Gasteiger partial charge in [0.1, 0.15) is 23.3 Å². The van der Waals surface area contributed by atoms with Crippen LogP contribution in [0.5, 0.6) is 5.75 Å². The second-order valence-corrected chi connectivity index (χ2v) is 9.48. The highest BCUT2D eigenvalue weighted by Crippen LogP contribution is 2.40. The molecule has 0 radical (unpaired) electrons. The second kappa shape index (κ2) is 12.0. The molecule has 204 valence electrons. The molecule has 9 nitrogen and oxygen atoms in total. The van der Waals surface area contributed by atoms with Gasteiger partial charge in [-0.1, -0.05) is 30.3 Å². The van der Waals surface area contributed by atoms with Gasteiger partial charge in [0.2, 0.25) is 5.91 Å². The topological polar surface area (TPSA) is 106 Å². The van der Waals surface area contributed by atoms with Crippen LogP contribution in [0, 0.1) is 0 Å². The first kappa shape index (κ1) is 26.9. The number of hydrogen-bond donors (Lipinski definition) is 2. The lowest BCUT2D eigenvalue weighted by molar-refractivity contribution is -0.116. The number of hydrogen-bond acceptors (Lipinski definition) is 7. The lowest BCUT2D eigenvalue weighted by Gasteiger charge is -2.26. The molecule has 3 heterocycles. The predicted octanol–water partition coefficient (Wildman–Crippen LogP) is 5.14. The molecule has 0 bridgehead atoms. The molecule has 0 saturated carbocycles. The summed E-state index contributed by atoms with van der Waals surface area (Å²) in [5, 5.41) is 6.77. The normalized spacial score (nSPS) is 16.4. The Balaban J connectivity index is 1.40. The standard InChI is InChI=1S/C30H28N4O5S/c1-37-24-12-4-3-10-21(24)32-26(35)15-17-34-28(27(33-30(34)40)22-11-5-6-16-31-22)25-14-13-23(39-25)19-8-7-9-20(18-19)29(36)38-2/h3-14,16,18,27-28H,15,17H2,1-2H3,(H,32,35)(H,33,40)/t27-,28-/m1/s1. The average molecular weight is 557 g/mol. The van der Waals surface area contributed by atoms with Crippen LogP contribution in [-0.2, 0) is 9.53 Å². The van der Waals surface area contributed by atoms with Crippen LogP contribution in [0.1, 0.15) is 40.3 Å². The lowest BCUT2D eigenvalue weighted by atomic mass is 10.0. The molecule has 2 N–H and O–H groups in total. The Morgan fingerprint density at radius 1 is 1.05 bits per heavy atom. The largest absolute Gasteiger partial charge is 0.495 e. The Labute approximate surface area is 237 Å². The van der Waals surface area contributed by atoms with Crippen molar-refractivity contribution < 1.29 is 23.5 Å². The lowest BCUT2D eigenvalue weighted by Crippen LogP contribution is -2.32. The fourth-order valence-corrected chi connectivity index (χ4v) is 5.05. The first-order valence-electron chi connectivity index (χ1n) is 12.7. The van der Waals surface area contributed by atoms with Crippen LogP contribution < -0.4 is 15.4 Å². The number of carbonyl (C=O) groups excluding carboxylic acids is 2. The van der Waals surface area contributed by atoms with E-state index in [0.29, 0.717) is 40.2 Å². The van der Waals surface area contributed by atoms with Gasteiger partial charge in [-0.25, -0.2) is 4.79 Å². The molecule has 1 saturated heterocycles. The summed E-state index contributed by atoms with van der Waals surface area (Å²) in [5.41, 5.74) is 2.56. The SMILES string of the molecule is COC(=O)c1cccc(-c2ccc([C@@H]3[C@@H](c4ccccn4)NC(=S)N3CCC(=O)Nc3ccccc3OC)o2)c1. The van der Waals surface area contributed by atoms with Crippen LogP contribution in [0.25, 0.3) is 11.3 Å². The zero-order valence-electron chi connectivity index (χ0n) is 22.0. The zero-order chi connectivity index (χ0) is 28.1. The highest BCUT2D eigenvalue weighted by Gasteiger charge is 2.41. The molecule has 0 spiro atoms. The maximum absolute atomic E-state index is 12.9. The fraction of sp³-hybridized carbons (Fsp3) is 0.200. The molecule has 2 atom stereocenters. The van der Waals surface area contributed by atoms with Crippen molar-refractivity contribution in [3.63, 3.8) is 0 Å². The van der Waals surface area contributed by atoms with Crippen LogP contribution in [0.4, 0.5) is 5.69 Å². The summed E-state index contributed by atoms with van der Waals surface area (Å²) in [6.45, 7) is 0.342. The Bertz CT molecular complexity index is 1520. The van der Waals surface area contributed by atoms with E-state index in [1.165, 1.54) is 7.11 Å². The van der Waals surface area contributed by atoms with Crippen molar-refractivity contribution in [2.75, 3.05) is 26.1 Å². The smallest absolute Gasteiger partial charge is 0.337 e. The molecule has 0 unspecified atom stereocenters. The minimum Gasteiger partial charge on any atom is -0.495 e. The Morgan fingerprint density at radius 3 is 2.65 bits per heavy atom. The molecule has 4 aromatic rings. The van der Waals surface area contributed by atoms with Crippen LogP contribution in [0.15, 0.2) is 89.5 Å². The van der Waals surface area contributed by atoms with Crippen LogP contribution in [0.2, 0.25) is 0 Å². The van der Waals surface area contributed by atoms with Gasteiger partial charge < -0.3 is 29.4 Å². The summed E-state index contributed by atoms with van der Waals surface area (Å²) in [6, 6.07) is 23.1. The maximum Gasteiger partial charge on any atom is 0.337 e. The summed E-state index contributed by atoms with van der Waals surface area (Å²) < 4.78 is 16.5. The molecule has 40 heavy (non-hydrogen) atoms. The van der Waals surface area contributed by atoms with Crippen molar-refractivity contribution in [3.05, 3.63) is 102 Å². The molecule has 1 amide bonds. The predicted molar refractivity (Wildman–Crippen MR) is 154 cm³/mol. The molecule has 2 aromatic heterocycles. The van der Waals surface area contributed by atoms with Crippen LogP contribution in [0.3, 0.4) is 0 Å². The number of aromatic nitrogens is 1. The molecule has 5 rings (SSSR count). The van der Waals surface area contributed by atoms with Crippen molar-refractivity contribution in [2.24, 2.45) is 0 Å². The third kappa shape index (κ3) is 5.67. The van der Waals surface area contributed by atoms with Crippen molar-refractivity contribution in [1.29, 1.82) is 0 Å². The Morgan fingerprint density at radius 2 is 1.88 bits per heavy atom. The Kier molecular flexibility index (Phi) is 8.07. The van der Waals surface area contributed by atoms with E-state index in [4.69, 9.17) is 26.1 Å². The van der Waals surface area contributed by atoms with E-state index >= 15 is 0 Å². The summed E-state index contributed by atoms with van der Waals surface area (Å²) in [5.74, 6) is 1.22. The van der Waals surface area contributed by atoms with Crippen molar-refractivity contribution in [3.8, 4) is 17.1 Å². The number of amides is 1. The molecular formula is C30H28N4O5S. The van der Waals surface area contributed by atoms with E-state index < -0.39 is 5.97 Å². The minimum absolute atomic E-state index is 0.174. The quantitative estimate of drug-likeness (QED) is 0.214. The number of nitrogens with one attached hydrogen (secondary N) is 2. The number of benzene rings is 2. The zero-order valence-corrected chi connectivity index (χ0v) is 22.8. The first-order valence-corrected chi connectivity index (χ1v) is 13.1.